The molecule has 2 unspecified atom stereocenters. The van der Waals surface area contributed by atoms with Crippen molar-refractivity contribution in [3.63, 3.8) is 0 Å². The molecule has 5 rings (SSSR count). The van der Waals surface area contributed by atoms with Crippen LogP contribution in [0.15, 0.2) is 47.6 Å². The zero-order chi connectivity index (χ0) is 19.1. The van der Waals surface area contributed by atoms with Gasteiger partial charge in [0, 0.05) is 31.1 Å². The lowest BCUT2D eigenvalue weighted by Crippen LogP contribution is -2.45. The van der Waals surface area contributed by atoms with Crippen molar-refractivity contribution in [2.75, 3.05) is 24.5 Å². The van der Waals surface area contributed by atoms with Gasteiger partial charge in [-0.15, -0.1) is 0 Å². The Morgan fingerprint density at radius 1 is 1.25 bits per heavy atom. The summed E-state index contributed by atoms with van der Waals surface area (Å²) in [5.74, 6) is -1.19. The van der Waals surface area contributed by atoms with E-state index in [1.165, 1.54) is 0 Å². The molecular weight excluding hydrogens is 362 g/mol. The molecule has 3 aliphatic rings. The molecule has 28 heavy (non-hydrogen) atoms. The Kier molecular flexibility index (Phi) is 4.25. The van der Waals surface area contributed by atoms with Crippen molar-refractivity contribution in [2.45, 2.75) is 30.8 Å². The van der Waals surface area contributed by atoms with Crippen LogP contribution in [0.5, 0.6) is 0 Å². The standard InChI is InChI=1S/C20H22F2N6/c21-20(22)7-2-10-28(12-20)19-15-5-4-14(11-13(15)6-9-24-19)25-18-17-16(26-27-18)3-1-8-23-17/h1,3-6,9,11,16-17,23,26H,2,7-8,10,12H2,(H,25,27). The molecule has 1 aromatic carbocycles. The van der Waals surface area contributed by atoms with Gasteiger partial charge in [0.15, 0.2) is 0 Å². The number of fused-ring (bicyclic) bond motifs is 2. The van der Waals surface area contributed by atoms with Crippen LogP contribution in [0.2, 0.25) is 0 Å². The predicted molar refractivity (Wildman–Crippen MR) is 106 cm³/mol. The molecule has 146 valence electrons. The van der Waals surface area contributed by atoms with Gasteiger partial charge in [0.1, 0.15) is 11.7 Å². The Hall–Kier alpha value is -2.58. The number of anilines is 1. The molecule has 1 aromatic heterocycles. The molecule has 3 N–H and O–H groups in total. The van der Waals surface area contributed by atoms with Crippen LogP contribution in [0.3, 0.4) is 0 Å². The first kappa shape index (κ1) is 17.5. The average Bonchev–Trinajstić information content (AvgIpc) is 3.09. The number of hydrazine groups is 1. The van der Waals surface area contributed by atoms with E-state index in [9.17, 15) is 8.78 Å². The fourth-order valence-corrected chi connectivity index (χ4v) is 4.14. The molecule has 0 radical (unpaired) electrons. The van der Waals surface area contributed by atoms with E-state index in [1.807, 2.05) is 24.3 Å². The number of pyridine rings is 1. The van der Waals surface area contributed by atoms with Crippen LogP contribution >= 0.6 is 0 Å². The molecule has 0 saturated carbocycles. The van der Waals surface area contributed by atoms with Crippen LogP contribution in [0.25, 0.3) is 10.8 Å². The fourth-order valence-electron chi connectivity index (χ4n) is 4.14. The molecule has 4 heterocycles. The number of halogens is 2. The number of aromatic nitrogens is 1. The van der Waals surface area contributed by atoms with Crippen LogP contribution in [-0.2, 0) is 0 Å². The van der Waals surface area contributed by atoms with Gasteiger partial charge in [0.2, 0.25) is 0 Å². The lowest BCUT2D eigenvalue weighted by atomic mass is 10.1. The van der Waals surface area contributed by atoms with E-state index in [4.69, 9.17) is 4.99 Å². The highest BCUT2D eigenvalue weighted by molar-refractivity contribution is 5.96. The van der Waals surface area contributed by atoms with Gasteiger partial charge >= 0.3 is 0 Å². The highest BCUT2D eigenvalue weighted by Crippen LogP contribution is 2.33. The normalized spacial score (nSPS) is 27.8. The van der Waals surface area contributed by atoms with Gasteiger partial charge < -0.3 is 15.6 Å². The average molecular weight is 384 g/mol. The summed E-state index contributed by atoms with van der Waals surface area (Å²) in [5, 5.41) is 5.24. The number of amidine groups is 1. The lowest BCUT2D eigenvalue weighted by Gasteiger charge is -2.33. The molecular formula is C20H22F2N6. The van der Waals surface area contributed by atoms with Crippen LogP contribution in [0, 0.1) is 0 Å². The number of benzene rings is 1. The van der Waals surface area contributed by atoms with Gasteiger partial charge in [-0.25, -0.2) is 24.2 Å². The summed E-state index contributed by atoms with van der Waals surface area (Å²) in [5.41, 5.74) is 7.17. The Bertz CT molecular complexity index is 957. The quantitative estimate of drug-likeness (QED) is 0.695. The van der Waals surface area contributed by atoms with Crippen molar-refractivity contribution in [1.29, 1.82) is 0 Å². The molecule has 8 heteroatoms. The minimum atomic E-state index is -2.66. The molecule has 2 aromatic rings. The topological polar surface area (TPSA) is 64.6 Å². The summed E-state index contributed by atoms with van der Waals surface area (Å²) in [6.45, 7) is 1.14. The minimum Gasteiger partial charge on any atom is -0.350 e. The van der Waals surface area contributed by atoms with E-state index < -0.39 is 5.92 Å². The summed E-state index contributed by atoms with van der Waals surface area (Å²) in [6, 6.07) is 8.01. The van der Waals surface area contributed by atoms with Gasteiger partial charge in [-0.2, -0.15) is 0 Å². The smallest absolute Gasteiger partial charge is 0.265 e. The molecule has 2 atom stereocenters. The van der Waals surface area contributed by atoms with Gasteiger partial charge in [-0.3, -0.25) is 0 Å². The lowest BCUT2D eigenvalue weighted by molar-refractivity contribution is -0.0117. The van der Waals surface area contributed by atoms with E-state index in [1.54, 1.807) is 11.1 Å². The summed E-state index contributed by atoms with van der Waals surface area (Å²) >= 11 is 0. The number of aliphatic imine (C=N–C) groups is 1. The number of piperidine rings is 1. The van der Waals surface area contributed by atoms with E-state index in [0.29, 0.717) is 18.8 Å². The van der Waals surface area contributed by atoms with Crippen LogP contribution < -0.4 is 21.1 Å². The van der Waals surface area contributed by atoms with Crippen LogP contribution in [-0.4, -0.2) is 48.5 Å². The molecule has 0 aliphatic carbocycles. The van der Waals surface area contributed by atoms with Gasteiger partial charge in [-0.05, 0) is 36.1 Å². The molecule has 0 spiro atoms. The van der Waals surface area contributed by atoms with Crippen molar-refractivity contribution >= 4 is 28.1 Å². The second-order valence-electron chi connectivity index (χ2n) is 7.53. The molecule has 2 saturated heterocycles. The predicted octanol–water partition coefficient (Wildman–Crippen LogP) is 2.50. The SMILES string of the molecule is FC1(F)CCCN(c2nccc3cc(N=C4NNC5C=CCNC45)ccc23)C1. The highest BCUT2D eigenvalue weighted by Gasteiger charge is 2.36. The largest absolute Gasteiger partial charge is 0.350 e. The third-order valence-electron chi connectivity index (χ3n) is 5.49. The van der Waals surface area contributed by atoms with E-state index in [0.717, 1.165) is 28.8 Å². The summed E-state index contributed by atoms with van der Waals surface area (Å²) in [7, 11) is 0. The first-order valence-corrected chi connectivity index (χ1v) is 9.61. The first-order valence-electron chi connectivity index (χ1n) is 9.61. The second kappa shape index (κ2) is 6.79. The van der Waals surface area contributed by atoms with E-state index in [-0.39, 0.29) is 25.0 Å². The Morgan fingerprint density at radius 3 is 3.07 bits per heavy atom. The van der Waals surface area contributed by atoms with Crippen LogP contribution in [0.4, 0.5) is 20.3 Å². The number of nitrogens with one attached hydrogen (secondary N) is 3. The molecule has 3 aliphatic heterocycles. The van der Waals surface area contributed by atoms with Gasteiger partial charge in [0.05, 0.1) is 24.3 Å². The van der Waals surface area contributed by atoms with Gasteiger partial charge in [-0.1, -0.05) is 12.2 Å². The van der Waals surface area contributed by atoms with Crippen LogP contribution in [0.1, 0.15) is 12.8 Å². The zero-order valence-corrected chi connectivity index (χ0v) is 15.3. The molecule has 0 amide bonds. The van der Waals surface area contributed by atoms with Crippen molar-refractivity contribution < 1.29 is 8.78 Å². The molecule has 2 fully saturated rings. The number of nitrogens with zero attached hydrogens (tertiary/aromatic N) is 3. The zero-order valence-electron chi connectivity index (χ0n) is 15.3. The van der Waals surface area contributed by atoms with E-state index >= 15 is 0 Å². The molecule has 6 nitrogen and oxygen atoms in total. The first-order chi connectivity index (χ1) is 13.6. The van der Waals surface area contributed by atoms with Crippen molar-refractivity contribution in [1.82, 2.24) is 21.2 Å². The summed E-state index contributed by atoms with van der Waals surface area (Å²) in [4.78, 5) is 10.8. The fraction of sp³-hybridized carbons (Fsp3) is 0.400. The van der Waals surface area contributed by atoms with Crippen molar-refractivity contribution in [3.05, 3.63) is 42.6 Å². The maximum Gasteiger partial charge on any atom is 0.265 e. The second-order valence-corrected chi connectivity index (χ2v) is 7.53. The maximum atomic E-state index is 13.9. The monoisotopic (exact) mass is 384 g/mol. The third-order valence-corrected chi connectivity index (χ3v) is 5.49. The Morgan fingerprint density at radius 2 is 2.18 bits per heavy atom. The Labute approximate surface area is 161 Å². The van der Waals surface area contributed by atoms with Crippen molar-refractivity contribution in [2.24, 2.45) is 4.99 Å². The van der Waals surface area contributed by atoms with Gasteiger partial charge in [0.25, 0.3) is 5.92 Å². The summed E-state index contributed by atoms with van der Waals surface area (Å²) < 4.78 is 27.7. The minimum absolute atomic E-state index is 0.0532. The molecule has 0 bridgehead atoms. The maximum absolute atomic E-state index is 13.9. The number of alkyl halides is 2. The van der Waals surface area contributed by atoms with E-state index in [2.05, 4.69) is 33.3 Å². The third kappa shape index (κ3) is 3.22. The highest BCUT2D eigenvalue weighted by atomic mass is 19.3. The summed E-state index contributed by atoms with van der Waals surface area (Å²) in [6.07, 6.45) is 6.32. The van der Waals surface area contributed by atoms with Crippen molar-refractivity contribution in [3.8, 4) is 0 Å². The number of rotatable bonds is 2. The number of hydrogen-bond acceptors (Lipinski definition) is 5. The Balaban J connectivity index is 1.46. The number of hydrogen-bond donors (Lipinski definition) is 3.